The molecule has 0 saturated carbocycles. The summed E-state index contributed by atoms with van der Waals surface area (Å²) in [5, 5.41) is 0. The van der Waals surface area contributed by atoms with Gasteiger partial charge in [-0.2, -0.15) is 0 Å². The molecule has 0 N–H and O–H groups in total. The van der Waals surface area contributed by atoms with Crippen LogP contribution in [0.5, 0.6) is 0 Å². The Hall–Kier alpha value is -1.29. The van der Waals surface area contributed by atoms with E-state index in [1.807, 2.05) is 19.1 Å². The molecule has 1 aromatic carbocycles. The predicted octanol–water partition coefficient (Wildman–Crippen LogP) is 3.24. The number of rotatable bonds is 4. The first-order valence-electron chi connectivity index (χ1n) is 4.85. The molecule has 0 amide bonds. The first-order chi connectivity index (χ1) is 7.69. The van der Waals surface area contributed by atoms with Crippen molar-refractivity contribution >= 4 is 28.0 Å². The van der Waals surface area contributed by atoms with Crippen LogP contribution >= 0.6 is 15.9 Å². The van der Waals surface area contributed by atoms with Crippen LogP contribution in [0, 0.1) is 0 Å². The average molecular weight is 285 g/mol. The molecule has 0 aliphatic heterocycles. The molecule has 1 rings (SSSR count). The van der Waals surface area contributed by atoms with E-state index in [1.165, 1.54) is 7.11 Å². The number of methoxy groups -OCH3 is 1. The summed E-state index contributed by atoms with van der Waals surface area (Å²) in [5.74, 6) is -0.363. The lowest BCUT2D eigenvalue weighted by Crippen LogP contribution is -2.03. The summed E-state index contributed by atoms with van der Waals surface area (Å²) in [6.45, 7) is 2.49. The minimum atomic E-state index is -0.363. The molecule has 3 nitrogen and oxygen atoms in total. The monoisotopic (exact) mass is 284 g/mol. The number of hydrogen-bond donors (Lipinski definition) is 0. The molecular formula is C12H13BrO3. The van der Waals surface area contributed by atoms with Crippen LogP contribution in [0.2, 0.25) is 0 Å². The number of benzene rings is 1. The van der Waals surface area contributed by atoms with Gasteiger partial charge in [0.1, 0.15) is 0 Å². The lowest BCUT2D eigenvalue weighted by molar-refractivity contribution is 0.0600. The second-order valence-corrected chi connectivity index (χ2v) is 3.90. The van der Waals surface area contributed by atoms with Crippen LogP contribution < -0.4 is 0 Å². The highest BCUT2D eigenvalue weighted by atomic mass is 79.9. The number of carbonyl (C=O) groups is 1. The molecule has 0 aliphatic rings. The Morgan fingerprint density at radius 3 is 2.88 bits per heavy atom. The van der Waals surface area contributed by atoms with Gasteiger partial charge in [0, 0.05) is 4.47 Å². The third kappa shape index (κ3) is 3.38. The van der Waals surface area contributed by atoms with Crippen molar-refractivity contribution in [1.82, 2.24) is 0 Å². The van der Waals surface area contributed by atoms with Crippen molar-refractivity contribution in [3.8, 4) is 0 Å². The lowest BCUT2D eigenvalue weighted by Gasteiger charge is -2.04. The quantitative estimate of drug-likeness (QED) is 0.629. The van der Waals surface area contributed by atoms with Gasteiger partial charge < -0.3 is 9.47 Å². The van der Waals surface area contributed by atoms with E-state index < -0.39 is 0 Å². The van der Waals surface area contributed by atoms with E-state index in [4.69, 9.17) is 9.47 Å². The van der Waals surface area contributed by atoms with Gasteiger partial charge in [0.2, 0.25) is 0 Å². The van der Waals surface area contributed by atoms with Crippen LogP contribution in [-0.4, -0.2) is 19.7 Å². The van der Waals surface area contributed by atoms with E-state index >= 15 is 0 Å². The number of ether oxygens (including phenoxy) is 2. The minimum Gasteiger partial charge on any atom is -0.501 e. The summed E-state index contributed by atoms with van der Waals surface area (Å²) >= 11 is 3.31. The minimum absolute atomic E-state index is 0.363. The predicted molar refractivity (Wildman–Crippen MR) is 66.1 cm³/mol. The number of hydrogen-bond acceptors (Lipinski definition) is 3. The Balaban J connectivity index is 3.02. The zero-order valence-corrected chi connectivity index (χ0v) is 10.8. The fourth-order valence-electron chi connectivity index (χ4n) is 1.18. The Kier molecular flexibility index (Phi) is 5.05. The van der Waals surface area contributed by atoms with Gasteiger partial charge in [0.15, 0.2) is 0 Å². The highest BCUT2D eigenvalue weighted by molar-refractivity contribution is 9.10. The number of halogens is 1. The Morgan fingerprint density at radius 1 is 1.50 bits per heavy atom. The van der Waals surface area contributed by atoms with Crippen LogP contribution in [0.4, 0.5) is 0 Å². The molecule has 0 saturated heterocycles. The summed E-state index contributed by atoms with van der Waals surface area (Å²) in [5.41, 5.74) is 1.27. The summed E-state index contributed by atoms with van der Waals surface area (Å²) in [6, 6.07) is 5.40. The second-order valence-electron chi connectivity index (χ2n) is 2.98. The van der Waals surface area contributed by atoms with E-state index in [9.17, 15) is 4.79 Å². The third-order valence-corrected chi connectivity index (χ3v) is 2.42. The van der Waals surface area contributed by atoms with Gasteiger partial charge in [-0.05, 0) is 30.7 Å². The van der Waals surface area contributed by atoms with E-state index in [1.54, 1.807) is 18.4 Å². The molecule has 0 radical (unpaired) electrons. The molecule has 0 bridgehead atoms. The van der Waals surface area contributed by atoms with E-state index in [0.29, 0.717) is 12.2 Å². The summed E-state index contributed by atoms with van der Waals surface area (Å²) in [7, 11) is 1.36. The van der Waals surface area contributed by atoms with Gasteiger partial charge in [-0.15, -0.1) is 0 Å². The highest BCUT2D eigenvalue weighted by Crippen LogP contribution is 2.18. The smallest absolute Gasteiger partial charge is 0.338 e. The third-order valence-electron chi connectivity index (χ3n) is 1.93. The molecule has 0 unspecified atom stereocenters. The maximum atomic E-state index is 11.5. The molecule has 0 atom stereocenters. The lowest BCUT2D eigenvalue weighted by atomic mass is 10.1. The Labute approximate surface area is 103 Å². The zero-order valence-electron chi connectivity index (χ0n) is 9.20. The SMILES string of the molecule is CCOC=Cc1ccc(Br)cc1C(=O)OC. The molecule has 0 aliphatic carbocycles. The van der Waals surface area contributed by atoms with Gasteiger partial charge in [-0.1, -0.05) is 22.0 Å². The van der Waals surface area contributed by atoms with Gasteiger partial charge in [-0.3, -0.25) is 0 Å². The summed E-state index contributed by atoms with van der Waals surface area (Å²) < 4.78 is 10.6. The maximum Gasteiger partial charge on any atom is 0.338 e. The summed E-state index contributed by atoms with van der Waals surface area (Å²) in [6.07, 6.45) is 3.30. The van der Waals surface area contributed by atoms with Crippen molar-refractivity contribution in [2.24, 2.45) is 0 Å². The molecule has 1 aromatic rings. The first-order valence-corrected chi connectivity index (χ1v) is 5.64. The van der Waals surface area contributed by atoms with Crippen molar-refractivity contribution in [1.29, 1.82) is 0 Å². The molecule has 4 heteroatoms. The molecule has 16 heavy (non-hydrogen) atoms. The van der Waals surface area contributed by atoms with Crippen molar-refractivity contribution in [2.45, 2.75) is 6.92 Å². The molecule has 0 spiro atoms. The van der Waals surface area contributed by atoms with Gasteiger partial charge in [0.05, 0.1) is 25.5 Å². The number of esters is 1. The molecule has 0 heterocycles. The molecule has 0 aromatic heterocycles. The fraction of sp³-hybridized carbons (Fsp3) is 0.250. The largest absolute Gasteiger partial charge is 0.501 e. The summed E-state index contributed by atoms with van der Waals surface area (Å²) in [4.78, 5) is 11.5. The van der Waals surface area contributed by atoms with Crippen molar-refractivity contribution < 1.29 is 14.3 Å². The molecule has 0 fully saturated rings. The van der Waals surface area contributed by atoms with Crippen molar-refractivity contribution in [3.05, 3.63) is 40.1 Å². The molecule has 86 valence electrons. The van der Waals surface area contributed by atoms with E-state index in [2.05, 4.69) is 15.9 Å². The van der Waals surface area contributed by atoms with Gasteiger partial charge in [0.25, 0.3) is 0 Å². The fourth-order valence-corrected chi connectivity index (χ4v) is 1.54. The van der Waals surface area contributed by atoms with Crippen LogP contribution in [0.3, 0.4) is 0 Å². The maximum absolute atomic E-state index is 11.5. The van der Waals surface area contributed by atoms with Crippen molar-refractivity contribution in [3.63, 3.8) is 0 Å². The Bertz CT molecular complexity index is 399. The standard InChI is InChI=1S/C12H13BrO3/c1-3-16-7-6-9-4-5-10(13)8-11(9)12(14)15-2/h4-8H,3H2,1-2H3. The van der Waals surface area contributed by atoms with Crippen LogP contribution in [0.25, 0.3) is 6.08 Å². The average Bonchev–Trinajstić information content (AvgIpc) is 2.30. The Morgan fingerprint density at radius 2 is 2.25 bits per heavy atom. The highest BCUT2D eigenvalue weighted by Gasteiger charge is 2.10. The van der Waals surface area contributed by atoms with Gasteiger partial charge in [-0.25, -0.2) is 4.79 Å². The van der Waals surface area contributed by atoms with Crippen molar-refractivity contribution in [2.75, 3.05) is 13.7 Å². The normalized spacial score (nSPS) is 10.4. The van der Waals surface area contributed by atoms with Crippen LogP contribution in [-0.2, 0) is 9.47 Å². The van der Waals surface area contributed by atoms with E-state index in [0.717, 1.165) is 10.0 Å². The number of carbonyl (C=O) groups excluding carboxylic acids is 1. The van der Waals surface area contributed by atoms with Crippen LogP contribution in [0.15, 0.2) is 28.9 Å². The second kappa shape index (κ2) is 6.33. The molecular weight excluding hydrogens is 272 g/mol. The topological polar surface area (TPSA) is 35.5 Å². The van der Waals surface area contributed by atoms with Gasteiger partial charge >= 0.3 is 5.97 Å². The van der Waals surface area contributed by atoms with Crippen LogP contribution in [0.1, 0.15) is 22.8 Å². The first kappa shape index (κ1) is 12.8. The van der Waals surface area contributed by atoms with E-state index in [-0.39, 0.29) is 5.97 Å². The zero-order chi connectivity index (χ0) is 12.0.